The molecule has 0 spiro atoms. The molecule has 0 atom stereocenters. The molecule has 72 valence electrons. The van der Waals surface area contributed by atoms with Gasteiger partial charge in [-0.3, -0.25) is 4.98 Å². The lowest BCUT2D eigenvalue weighted by molar-refractivity contribution is 1.17. The first-order valence-corrected chi connectivity index (χ1v) is 5.01. The van der Waals surface area contributed by atoms with Crippen LogP contribution in [0.5, 0.6) is 0 Å². The van der Waals surface area contributed by atoms with Crippen molar-refractivity contribution in [3.05, 3.63) is 40.0 Å². The predicted octanol–water partition coefficient (Wildman–Crippen LogP) is 3.81. The van der Waals surface area contributed by atoms with Gasteiger partial charge in [-0.15, -0.1) is 0 Å². The molecule has 1 aromatic carbocycles. The molecule has 1 aromatic heterocycles. The zero-order valence-corrected chi connectivity index (χ0v) is 9.31. The van der Waals surface area contributed by atoms with Gasteiger partial charge in [0.2, 0.25) is 0 Å². The van der Waals surface area contributed by atoms with Crippen molar-refractivity contribution in [3.8, 4) is 0 Å². The number of rotatable bonds is 0. The average molecular weight is 206 g/mol. The van der Waals surface area contributed by atoms with Crippen molar-refractivity contribution in [2.24, 2.45) is 0 Å². The molecule has 0 saturated heterocycles. The van der Waals surface area contributed by atoms with Crippen LogP contribution in [0.3, 0.4) is 0 Å². The van der Waals surface area contributed by atoms with Gasteiger partial charge in [-0.1, -0.05) is 17.7 Å². The Bertz CT molecular complexity index is 503. The van der Waals surface area contributed by atoms with Crippen LogP contribution in [0.1, 0.15) is 16.8 Å². The quantitative estimate of drug-likeness (QED) is 0.637. The third kappa shape index (κ3) is 1.28. The van der Waals surface area contributed by atoms with Crippen LogP contribution >= 0.6 is 11.6 Å². The second-order valence-corrected chi connectivity index (χ2v) is 3.99. The van der Waals surface area contributed by atoms with Crippen LogP contribution in [0, 0.1) is 20.8 Å². The van der Waals surface area contributed by atoms with E-state index in [0.717, 1.165) is 21.6 Å². The number of halogens is 1. The van der Waals surface area contributed by atoms with E-state index in [9.17, 15) is 0 Å². The third-order valence-electron chi connectivity index (χ3n) is 2.76. The lowest BCUT2D eigenvalue weighted by Crippen LogP contribution is -1.93. The monoisotopic (exact) mass is 205 g/mol. The SMILES string of the molecule is Cc1nc2cccc(Cl)c2c(C)c1C. The Hall–Kier alpha value is -1.08. The summed E-state index contributed by atoms with van der Waals surface area (Å²) in [5.41, 5.74) is 4.53. The zero-order chi connectivity index (χ0) is 10.3. The highest BCUT2D eigenvalue weighted by Crippen LogP contribution is 2.28. The van der Waals surface area contributed by atoms with Gasteiger partial charge in [0.25, 0.3) is 0 Å². The molecule has 0 bridgehead atoms. The van der Waals surface area contributed by atoms with E-state index < -0.39 is 0 Å². The second kappa shape index (κ2) is 3.25. The summed E-state index contributed by atoms with van der Waals surface area (Å²) in [6, 6.07) is 5.85. The summed E-state index contributed by atoms with van der Waals surface area (Å²) in [6.07, 6.45) is 0. The summed E-state index contributed by atoms with van der Waals surface area (Å²) in [5, 5.41) is 1.87. The van der Waals surface area contributed by atoms with E-state index in [1.54, 1.807) is 0 Å². The molecule has 1 heterocycles. The molecule has 2 heteroatoms. The second-order valence-electron chi connectivity index (χ2n) is 3.58. The number of nitrogens with zero attached hydrogens (tertiary/aromatic N) is 1. The van der Waals surface area contributed by atoms with E-state index in [-0.39, 0.29) is 0 Å². The van der Waals surface area contributed by atoms with Crippen LogP contribution in [-0.4, -0.2) is 4.98 Å². The van der Waals surface area contributed by atoms with Gasteiger partial charge in [-0.2, -0.15) is 0 Å². The molecule has 0 aliphatic heterocycles. The Balaban J connectivity index is 2.99. The molecule has 0 unspecified atom stereocenters. The number of benzene rings is 1. The fourth-order valence-electron chi connectivity index (χ4n) is 1.70. The summed E-state index contributed by atoms with van der Waals surface area (Å²) in [7, 11) is 0. The van der Waals surface area contributed by atoms with Crippen molar-refractivity contribution in [3.63, 3.8) is 0 Å². The fourth-order valence-corrected chi connectivity index (χ4v) is 2.01. The van der Waals surface area contributed by atoms with Crippen LogP contribution in [-0.2, 0) is 0 Å². The molecule has 0 saturated carbocycles. The summed E-state index contributed by atoms with van der Waals surface area (Å²) in [5.74, 6) is 0. The molecule has 0 N–H and O–H groups in total. The molecule has 14 heavy (non-hydrogen) atoms. The largest absolute Gasteiger partial charge is 0.253 e. The maximum atomic E-state index is 6.15. The van der Waals surface area contributed by atoms with Crippen LogP contribution in [0.2, 0.25) is 5.02 Å². The highest BCUT2D eigenvalue weighted by atomic mass is 35.5. The van der Waals surface area contributed by atoms with E-state index in [2.05, 4.69) is 18.8 Å². The molecule has 0 aliphatic carbocycles. The predicted molar refractivity (Wildman–Crippen MR) is 61.0 cm³/mol. The molecular weight excluding hydrogens is 194 g/mol. The van der Waals surface area contributed by atoms with Crippen molar-refractivity contribution < 1.29 is 0 Å². The molecule has 2 rings (SSSR count). The Morgan fingerprint density at radius 2 is 1.79 bits per heavy atom. The highest BCUT2D eigenvalue weighted by Gasteiger charge is 2.07. The minimum Gasteiger partial charge on any atom is -0.253 e. The van der Waals surface area contributed by atoms with Gasteiger partial charge in [0.05, 0.1) is 10.5 Å². The molecule has 0 radical (unpaired) electrons. The van der Waals surface area contributed by atoms with Crippen molar-refractivity contribution in [1.82, 2.24) is 4.98 Å². The van der Waals surface area contributed by atoms with Gasteiger partial charge < -0.3 is 0 Å². The number of fused-ring (bicyclic) bond motifs is 1. The maximum Gasteiger partial charge on any atom is 0.0723 e. The van der Waals surface area contributed by atoms with E-state index in [1.807, 2.05) is 25.1 Å². The molecule has 1 nitrogen and oxygen atoms in total. The Morgan fingerprint density at radius 1 is 1.07 bits per heavy atom. The molecule has 0 amide bonds. The van der Waals surface area contributed by atoms with Crippen molar-refractivity contribution in [2.45, 2.75) is 20.8 Å². The normalized spacial score (nSPS) is 10.9. The lowest BCUT2D eigenvalue weighted by Gasteiger charge is -2.09. The number of pyridine rings is 1. The van der Waals surface area contributed by atoms with Gasteiger partial charge in [-0.05, 0) is 44.0 Å². The first-order chi connectivity index (χ1) is 6.61. The number of hydrogen-bond donors (Lipinski definition) is 0. The number of hydrogen-bond acceptors (Lipinski definition) is 1. The van der Waals surface area contributed by atoms with Crippen molar-refractivity contribution in [1.29, 1.82) is 0 Å². The average Bonchev–Trinajstić information content (AvgIpc) is 2.14. The van der Waals surface area contributed by atoms with Crippen LogP contribution in [0.25, 0.3) is 10.9 Å². The third-order valence-corrected chi connectivity index (χ3v) is 3.07. The van der Waals surface area contributed by atoms with Gasteiger partial charge in [-0.25, -0.2) is 0 Å². The Morgan fingerprint density at radius 3 is 2.50 bits per heavy atom. The molecule has 0 fully saturated rings. The Labute approximate surface area is 88.7 Å². The topological polar surface area (TPSA) is 12.9 Å². The van der Waals surface area contributed by atoms with Crippen LogP contribution in [0.4, 0.5) is 0 Å². The standard InChI is InChI=1S/C12H12ClN/c1-7-8(2)12-10(13)5-4-6-11(12)14-9(7)3/h4-6H,1-3H3. The van der Waals surface area contributed by atoms with E-state index in [0.29, 0.717) is 0 Å². The molecule has 2 aromatic rings. The summed E-state index contributed by atoms with van der Waals surface area (Å²) < 4.78 is 0. The number of aromatic nitrogens is 1. The highest BCUT2D eigenvalue weighted by molar-refractivity contribution is 6.35. The van der Waals surface area contributed by atoms with Gasteiger partial charge in [0.1, 0.15) is 0 Å². The van der Waals surface area contributed by atoms with Gasteiger partial charge in [0, 0.05) is 11.1 Å². The molecule has 0 aliphatic rings. The first kappa shape index (κ1) is 9.47. The van der Waals surface area contributed by atoms with Crippen molar-refractivity contribution in [2.75, 3.05) is 0 Å². The molecular formula is C12H12ClN. The minimum absolute atomic E-state index is 0.788. The smallest absolute Gasteiger partial charge is 0.0723 e. The maximum absolute atomic E-state index is 6.15. The minimum atomic E-state index is 0.788. The fraction of sp³-hybridized carbons (Fsp3) is 0.250. The van der Waals surface area contributed by atoms with Gasteiger partial charge >= 0.3 is 0 Å². The Kier molecular flexibility index (Phi) is 2.20. The van der Waals surface area contributed by atoms with Gasteiger partial charge in [0.15, 0.2) is 0 Å². The van der Waals surface area contributed by atoms with Crippen LogP contribution in [0.15, 0.2) is 18.2 Å². The number of aryl methyl sites for hydroxylation is 2. The van der Waals surface area contributed by atoms with E-state index >= 15 is 0 Å². The summed E-state index contributed by atoms with van der Waals surface area (Å²) in [4.78, 5) is 4.51. The van der Waals surface area contributed by atoms with E-state index in [4.69, 9.17) is 11.6 Å². The van der Waals surface area contributed by atoms with Crippen molar-refractivity contribution >= 4 is 22.5 Å². The van der Waals surface area contributed by atoms with E-state index in [1.165, 1.54) is 11.1 Å². The summed E-state index contributed by atoms with van der Waals surface area (Å²) in [6.45, 7) is 6.21. The lowest BCUT2D eigenvalue weighted by atomic mass is 10.0. The van der Waals surface area contributed by atoms with Crippen LogP contribution < -0.4 is 0 Å². The first-order valence-electron chi connectivity index (χ1n) is 4.63. The zero-order valence-electron chi connectivity index (χ0n) is 8.56. The summed E-state index contributed by atoms with van der Waals surface area (Å²) >= 11 is 6.15.